The van der Waals surface area contributed by atoms with Crippen molar-refractivity contribution in [2.75, 3.05) is 13.2 Å². The molecule has 0 aliphatic heterocycles. The normalized spacial score (nSPS) is 13.5. The zero-order chi connectivity index (χ0) is 13.3. The Morgan fingerprint density at radius 3 is 2.41 bits per heavy atom. The third-order valence-corrected chi connectivity index (χ3v) is 3.26. The van der Waals surface area contributed by atoms with Crippen LogP contribution in [0.3, 0.4) is 0 Å². The highest BCUT2D eigenvalue weighted by molar-refractivity contribution is 5.80. The first kappa shape index (κ1) is 16.4. The van der Waals surface area contributed by atoms with E-state index < -0.39 is 0 Å². The molecule has 0 aromatic rings. The van der Waals surface area contributed by atoms with Crippen molar-refractivity contribution < 1.29 is 9.53 Å². The van der Waals surface area contributed by atoms with Gasteiger partial charge in [-0.15, -0.1) is 0 Å². The number of nitrogens with one attached hydrogen (secondary N) is 1. The summed E-state index contributed by atoms with van der Waals surface area (Å²) in [5.74, 6) is -0.0715. The first-order chi connectivity index (χ1) is 7.99. The van der Waals surface area contributed by atoms with Gasteiger partial charge >= 0.3 is 0 Å². The first-order valence-corrected chi connectivity index (χ1v) is 6.67. The fraction of sp³-hybridized carbons (Fsp3) is 0.923. The Bertz CT molecular complexity index is 215. The van der Waals surface area contributed by atoms with Crippen molar-refractivity contribution in [2.45, 2.75) is 65.0 Å². The van der Waals surface area contributed by atoms with Crippen LogP contribution >= 0.6 is 0 Å². The number of nitrogens with two attached hydrogens (primary N) is 1. The fourth-order valence-corrected chi connectivity index (χ4v) is 1.39. The number of amides is 1. The summed E-state index contributed by atoms with van der Waals surface area (Å²) >= 11 is 0. The molecular formula is C13H28N2O2. The Morgan fingerprint density at radius 2 is 1.94 bits per heavy atom. The maximum absolute atomic E-state index is 11.7. The summed E-state index contributed by atoms with van der Waals surface area (Å²) in [6, 6.07) is 0. The summed E-state index contributed by atoms with van der Waals surface area (Å²) in [4.78, 5) is 11.7. The molecule has 4 heteroatoms. The minimum absolute atomic E-state index is 0.0715. The van der Waals surface area contributed by atoms with Crippen molar-refractivity contribution in [2.24, 2.45) is 5.73 Å². The second-order valence-corrected chi connectivity index (χ2v) is 4.65. The smallest absolute Gasteiger partial charge is 0.248 e. The van der Waals surface area contributed by atoms with Gasteiger partial charge in [0.1, 0.15) is 6.10 Å². The van der Waals surface area contributed by atoms with Crippen molar-refractivity contribution >= 4 is 5.91 Å². The van der Waals surface area contributed by atoms with E-state index in [9.17, 15) is 4.79 Å². The Kier molecular flexibility index (Phi) is 8.17. The van der Waals surface area contributed by atoms with Crippen molar-refractivity contribution in [3.63, 3.8) is 0 Å². The van der Waals surface area contributed by atoms with Gasteiger partial charge in [0.25, 0.3) is 0 Å². The number of hydrogen-bond donors (Lipinski definition) is 2. The first-order valence-electron chi connectivity index (χ1n) is 6.67. The molecule has 1 atom stereocenters. The Morgan fingerprint density at radius 1 is 1.35 bits per heavy atom. The van der Waals surface area contributed by atoms with Crippen LogP contribution < -0.4 is 11.1 Å². The molecule has 0 aliphatic carbocycles. The monoisotopic (exact) mass is 244 g/mol. The summed E-state index contributed by atoms with van der Waals surface area (Å²) in [6.07, 6.45) is 3.39. The van der Waals surface area contributed by atoms with Crippen LogP contribution in [0.2, 0.25) is 0 Å². The molecule has 0 radical (unpaired) electrons. The van der Waals surface area contributed by atoms with Gasteiger partial charge in [0.2, 0.25) is 5.91 Å². The van der Waals surface area contributed by atoms with E-state index in [-0.39, 0.29) is 17.6 Å². The Balaban J connectivity index is 3.92. The molecule has 0 aliphatic rings. The molecule has 102 valence electrons. The van der Waals surface area contributed by atoms with Gasteiger partial charge < -0.3 is 15.8 Å². The molecule has 0 aromatic carbocycles. The molecule has 1 amide bonds. The second-order valence-electron chi connectivity index (χ2n) is 4.65. The Labute approximate surface area is 105 Å². The van der Waals surface area contributed by atoms with Crippen LogP contribution in [0.25, 0.3) is 0 Å². The van der Waals surface area contributed by atoms with Crippen molar-refractivity contribution in [1.29, 1.82) is 0 Å². The van der Waals surface area contributed by atoms with E-state index in [0.29, 0.717) is 13.2 Å². The summed E-state index contributed by atoms with van der Waals surface area (Å²) in [5.41, 5.74) is 5.82. The lowest BCUT2D eigenvalue weighted by molar-refractivity contribution is -0.132. The molecule has 0 heterocycles. The molecule has 0 fully saturated rings. The SMILES string of the molecule is CCCCOC(C)C(=O)NCC(N)(CC)CC. The summed E-state index contributed by atoms with van der Waals surface area (Å²) in [6.45, 7) is 9.11. The third kappa shape index (κ3) is 6.64. The van der Waals surface area contributed by atoms with Gasteiger partial charge in [-0.05, 0) is 26.2 Å². The number of carbonyl (C=O) groups excluding carboxylic acids is 1. The molecule has 17 heavy (non-hydrogen) atoms. The molecule has 0 saturated heterocycles. The Hall–Kier alpha value is -0.610. The lowest BCUT2D eigenvalue weighted by atomic mass is 9.94. The van der Waals surface area contributed by atoms with E-state index in [4.69, 9.17) is 10.5 Å². The molecule has 0 bridgehead atoms. The van der Waals surface area contributed by atoms with E-state index >= 15 is 0 Å². The maximum Gasteiger partial charge on any atom is 0.248 e. The molecule has 4 nitrogen and oxygen atoms in total. The van der Waals surface area contributed by atoms with Crippen LogP contribution in [0.15, 0.2) is 0 Å². The zero-order valence-corrected chi connectivity index (χ0v) is 11.7. The number of carbonyl (C=O) groups is 1. The topological polar surface area (TPSA) is 64.3 Å². The quantitative estimate of drug-likeness (QED) is 0.608. The zero-order valence-electron chi connectivity index (χ0n) is 11.7. The summed E-state index contributed by atoms with van der Waals surface area (Å²) in [7, 11) is 0. The molecule has 1 unspecified atom stereocenters. The third-order valence-electron chi connectivity index (χ3n) is 3.26. The molecule has 0 spiro atoms. The predicted molar refractivity (Wildman–Crippen MR) is 70.8 cm³/mol. The van der Waals surface area contributed by atoms with E-state index in [1.165, 1.54) is 0 Å². The summed E-state index contributed by atoms with van der Waals surface area (Å²) in [5, 5.41) is 2.86. The van der Waals surface area contributed by atoms with E-state index in [0.717, 1.165) is 25.7 Å². The van der Waals surface area contributed by atoms with Crippen LogP contribution in [-0.2, 0) is 9.53 Å². The summed E-state index contributed by atoms with van der Waals surface area (Å²) < 4.78 is 5.42. The highest BCUT2D eigenvalue weighted by Crippen LogP contribution is 2.09. The molecule has 0 saturated carbocycles. The van der Waals surface area contributed by atoms with Gasteiger partial charge in [0.05, 0.1) is 0 Å². The van der Waals surface area contributed by atoms with Crippen molar-refractivity contribution in [3.8, 4) is 0 Å². The van der Waals surface area contributed by atoms with Crippen LogP contribution in [0.5, 0.6) is 0 Å². The van der Waals surface area contributed by atoms with Gasteiger partial charge in [0.15, 0.2) is 0 Å². The fourth-order valence-electron chi connectivity index (χ4n) is 1.39. The van der Waals surface area contributed by atoms with Gasteiger partial charge in [-0.3, -0.25) is 4.79 Å². The van der Waals surface area contributed by atoms with Gasteiger partial charge in [-0.1, -0.05) is 27.2 Å². The molecule has 0 rings (SSSR count). The highest BCUT2D eigenvalue weighted by atomic mass is 16.5. The molecular weight excluding hydrogens is 216 g/mol. The number of rotatable bonds is 9. The lowest BCUT2D eigenvalue weighted by Crippen LogP contribution is -2.51. The molecule has 0 aromatic heterocycles. The average Bonchev–Trinajstić information content (AvgIpc) is 2.35. The minimum atomic E-state index is -0.389. The van der Waals surface area contributed by atoms with E-state index in [1.54, 1.807) is 6.92 Å². The lowest BCUT2D eigenvalue weighted by Gasteiger charge is -2.27. The van der Waals surface area contributed by atoms with Crippen LogP contribution in [0.1, 0.15) is 53.4 Å². The van der Waals surface area contributed by atoms with E-state index in [1.807, 2.05) is 13.8 Å². The number of hydrogen-bond acceptors (Lipinski definition) is 3. The van der Waals surface area contributed by atoms with Crippen LogP contribution in [0.4, 0.5) is 0 Å². The minimum Gasteiger partial charge on any atom is -0.369 e. The predicted octanol–water partition coefficient (Wildman–Crippen LogP) is 1.83. The second kappa shape index (κ2) is 8.48. The van der Waals surface area contributed by atoms with Crippen LogP contribution in [-0.4, -0.2) is 30.7 Å². The van der Waals surface area contributed by atoms with Gasteiger partial charge in [-0.25, -0.2) is 0 Å². The van der Waals surface area contributed by atoms with Gasteiger partial charge in [-0.2, -0.15) is 0 Å². The van der Waals surface area contributed by atoms with Crippen LogP contribution in [0, 0.1) is 0 Å². The van der Waals surface area contributed by atoms with Crippen molar-refractivity contribution in [1.82, 2.24) is 5.32 Å². The largest absolute Gasteiger partial charge is 0.369 e. The molecule has 3 N–H and O–H groups in total. The number of ether oxygens (including phenoxy) is 1. The highest BCUT2D eigenvalue weighted by Gasteiger charge is 2.22. The standard InChI is InChI=1S/C13H28N2O2/c1-5-8-9-17-11(4)12(16)15-10-13(14,6-2)7-3/h11H,5-10,14H2,1-4H3,(H,15,16). The van der Waals surface area contributed by atoms with Gasteiger partial charge in [0, 0.05) is 18.7 Å². The average molecular weight is 244 g/mol. The number of unbranched alkanes of at least 4 members (excludes halogenated alkanes) is 1. The van der Waals surface area contributed by atoms with E-state index in [2.05, 4.69) is 12.2 Å². The maximum atomic E-state index is 11.7. The van der Waals surface area contributed by atoms with Crippen molar-refractivity contribution in [3.05, 3.63) is 0 Å².